The third-order valence-electron chi connectivity index (χ3n) is 2.89. The SMILES string of the molecule is BC1=c2oc(C(CC)OCC)cc2=CN(I)C1. The van der Waals surface area contributed by atoms with Crippen LogP contribution in [0.2, 0.25) is 0 Å². The van der Waals surface area contributed by atoms with Gasteiger partial charge < -0.3 is 12.3 Å². The molecule has 1 unspecified atom stereocenters. The zero-order valence-electron chi connectivity index (χ0n) is 10.5. The Morgan fingerprint density at radius 2 is 2.35 bits per heavy atom. The minimum absolute atomic E-state index is 0.0782. The van der Waals surface area contributed by atoms with Crippen molar-refractivity contribution >= 4 is 42.4 Å². The molecule has 1 aliphatic heterocycles. The molecule has 2 heterocycles. The predicted octanol–water partition coefficient (Wildman–Crippen LogP) is 0.912. The number of halogens is 1. The normalized spacial score (nSPS) is 16.6. The van der Waals surface area contributed by atoms with Crippen molar-refractivity contribution in [1.82, 2.24) is 3.11 Å². The fraction of sp³-hybridized carbons (Fsp3) is 0.500. The van der Waals surface area contributed by atoms with Gasteiger partial charge in [0.2, 0.25) is 0 Å². The zero-order chi connectivity index (χ0) is 12.4. The molecule has 0 amide bonds. The molecular weight excluding hydrogens is 328 g/mol. The van der Waals surface area contributed by atoms with E-state index in [0.29, 0.717) is 6.61 Å². The van der Waals surface area contributed by atoms with E-state index in [1.165, 1.54) is 5.47 Å². The van der Waals surface area contributed by atoms with E-state index in [-0.39, 0.29) is 6.10 Å². The second kappa shape index (κ2) is 5.48. The molecule has 17 heavy (non-hydrogen) atoms. The van der Waals surface area contributed by atoms with Gasteiger partial charge in [-0.25, -0.2) is 0 Å². The highest BCUT2D eigenvalue weighted by Crippen LogP contribution is 2.19. The van der Waals surface area contributed by atoms with Gasteiger partial charge >= 0.3 is 0 Å². The van der Waals surface area contributed by atoms with Gasteiger partial charge in [0.15, 0.2) is 0 Å². The maximum absolute atomic E-state index is 5.95. The summed E-state index contributed by atoms with van der Waals surface area (Å²) in [6.07, 6.45) is 3.14. The number of nitrogens with zero attached hydrogens (tertiary/aromatic N) is 1. The van der Waals surface area contributed by atoms with Crippen LogP contribution in [-0.4, -0.2) is 24.1 Å². The van der Waals surface area contributed by atoms with Gasteiger partial charge in [-0.2, -0.15) is 0 Å². The molecule has 1 aromatic rings. The summed E-state index contributed by atoms with van der Waals surface area (Å²) in [5, 5.41) is 1.16. The lowest BCUT2D eigenvalue weighted by Crippen LogP contribution is -2.32. The molecule has 1 atom stereocenters. The quantitative estimate of drug-likeness (QED) is 0.461. The van der Waals surface area contributed by atoms with E-state index in [1.54, 1.807) is 0 Å². The summed E-state index contributed by atoms with van der Waals surface area (Å²) in [7, 11) is 2.12. The Morgan fingerprint density at radius 3 is 3.00 bits per heavy atom. The van der Waals surface area contributed by atoms with Crippen molar-refractivity contribution in [1.29, 1.82) is 0 Å². The Morgan fingerprint density at radius 1 is 1.59 bits per heavy atom. The molecule has 0 N–H and O–H groups in total. The van der Waals surface area contributed by atoms with Gasteiger partial charge in [0.05, 0.1) is 22.9 Å². The van der Waals surface area contributed by atoms with Gasteiger partial charge in [-0.15, -0.1) is 0 Å². The standard InChI is InChI=1S/C12H17BINO2/c1-3-10(16-4-2)11-5-8-6-15(14)7-9(13)12(8)17-11/h5-6,10H,3-4,7,13H2,1-2H3. The summed E-state index contributed by atoms with van der Waals surface area (Å²) in [5.41, 5.74) is 2.29. The lowest BCUT2D eigenvalue weighted by molar-refractivity contribution is 0.0433. The second-order valence-corrected chi connectivity index (χ2v) is 5.49. The van der Waals surface area contributed by atoms with E-state index in [0.717, 1.165) is 29.4 Å². The Hall–Kier alpha value is -0.425. The third-order valence-corrected chi connectivity index (χ3v) is 3.51. The van der Waals surface area contributed by atoms with Crippen molar-refractivity contribution in [2.24, 2.45) is 0 Å². The van der Waals surface area contributed by atoms with Gasteiger partial charge in [-0.3, -0.25) is 0 Å². The summed E-state index contributed by atoms with van der Waals surface area (Å²) in [6, 6.07) is 2.10. The van der Waals surface area contributed by atoms with E-state index >= 15 is 0 Å². The maximum Gasteiger partial charge on any atom is 0.141 e. The molecule has 0 aliphatic carbocycles. The molecule has 92 valence electrons. The van der Waals surface area contributed by atoms with Crippen LogP contribution in [0.3, 0.4) is 0 Å². The Bertz CT molecular complexity index is 511. The van der Waals surface area contributed by atoms with Gasteiger partial charge in [0.25, 0.3) is 0 Å². The Balaban J connectivity index is 2.44. The van der Waals surface area contributed by atoms with Crippen molar-refractivity contribution in [2.45, 2.75) is 26.4 Å². The molecule has 2 rings (SSSR count). The molecule has 1 aliphatic rings. The van der Waals surface area contributed by atoms with Crippen molar-refractivity contribution in [3.8, 4) is 0 Å². The zero-order valence-corrected chi connectivity index (χ0v) is 12.7. The molecule has 0 saturated carbocycles. The molecular formula is C12H17BINO2. The number of furan rings is 1. The van der Waals surface area contributed by atoms with Gasteiger partial charge in [0.1, 0.15) is 25.1 Å². The average molecular weight is 345 g/mol. The Kier molecular flexibility index (Phi) is 4.19. The van der Waals surface area contributed by atoms with Gasteiger partial charge in [-0.1, -0.05) is 6.92 Å². The van der Waals surface area contributed by atoms with Gasteiger partial charge in [0, 0.05) is 24.6 Å². The summed E-state index contributed by atoms with van der Waals surface area (Å²) in [6.45, 7) is 5.77. The molecule has 0 radical (unpaired) electrons. The minimum Gasteiger partial charge on any atom is -0.459 e. The fourth-order valence-electron chi connectivity index (χ4n) is 2.11. The van der Waals surface area contributed by atoms with E-state index < -0.39 is 0 Å². The van der Waals surface area contributed by atoms with E-state index in [4.69, 9.17) is 9.15 Å². The van der Waals surface area contributed by atoms with Crippen LogP contribution in [0.15, 0.2) is 10.5 Å². The molecule has 5 heteroatoms. The summed E-state index contributed by atoms with van der Waals surface area (Å²) < 4.78 is 13.8. The highest BCUT2D eigenvalue weighted by atomic mass is 127. The average Bonchev–Trinajstić information content (AvgIpc) is 2.69. The highest BCUT2D eigenvalue weighted by molar-refractivity contribution is 14.1. The molecule has 0 bridgehead atoms. The topological polar surface area (TPSA) is 25.6 Å². The number of rotatable bonds is 4. The molecule has 0 saturated heterocycles. The molecule has 0 fully saturated rings. The molecule has 0 aromatic carbocycles. The third kappa shape index (κ3) is 2.70. The van der Waals surface area contributed by atoms with Crippen LogP contribution in [0.5, 0.6) is 0 Å². The first-order chi connectivity index (χ1) is 8.15. The number of hydrogen-bond acceptors (Lipinski definition) is 3. The number of hydrogen-bond donors (Lipinski definition) is 0. The monoisotopic (exact) mass is 345 g/mol. The number of fused-ring (bicyclic) bond motifs is 1. The van der Waals surface area contributed by atoms with E-state index in [2.05, 4.69) is 53.0 Å². The van der Waals surface area contributed by atoms with Crippen molar-refractivity contribution < 1.29 is 9.15 Å². The van der Waals surface area contributed by atoms with Gasteiger partial charge in [-0.05, 0) is 24.9 Å². The summed E-state index contributed by atoms with van der Waals surface area (Å²) in [4.78, 5) is 0. The van der Waals surface area contributed by atoms with Crippen LogP contribution in [0.4, 0.5) is 0 Å². The lowest BCUT2D eigenvalue weighted by atomic mass is 9.94. The van der Waals surface area contributed by atoms with Crippen LogP contribution in [0, 0.1) is 0 Å². The van der Waals surface area contributed by atoms with E-state index in [1.807, 2.05) is 6.92 Å². The van der Waals surface area contributed by atoms with Crippen LogP contribution in [-0.2, 0) is 4.74 Å². The first-order valence-electron chi connectivity index (χ1n) is 6.01. The van der Waals surface area contributed by atoms with Crippen molar-refractivity contribution in [2.75, 3.05) is 13.2 Å². The fourth-order valence-corrected chi connectivity index (χ4v) is 2.92. The minimum atomic E-state index is 0.0782. The first kappa shape index (κ1) is 13.0. The maximum atomic E-state index is 5.95. The molecule has 1 aromatic heterocycles. The second-order valence-electron chi connectivity index (χ2n) is 4.25. The summed E-state index contributed by atoms with van der Waals surface area (Å²) >= 11 is 2.31. The molecule has 0 spiro atoms. The van der Waals surface area contributed by atoms with Crippen LogP contribution >= 0.6 is 22.9 Å². The predicted molar refractivity (Wildman–Crippen MR) is 79.8 cm³/mol. The van der Waals surface area contributed by atoms with Crippen LogP contribution < -0.4 is 10.6 Å². The van der Waals surface area contributed by atoms with Crippen molar-refractivity contribution in [3.05, 3.63) is 22.5 Å². The van der Waals surface area contributed by atoms with Crippen molar-refractivity contribution in [3.63, 3.8) is 0 Å². The first-order valence-corrected chi connectivity index (χ1v) is 6.97. The van der Waals surface area contributed by atoms with E-state index in [9.17, 15) is 0 Å². The Labute approximate surface area is 116 Å². The smallest absolute Gasteiger partial charge is 0.141 e. The summed E-state index contributed by atoms with van der Waals surface area (Å²) in [5.74, 6) is 0.946. The number of ether oxygens (including phenoxy) is 1. The van der Waals surface area contributed by atoms with Crippen LogP contribution in [0.25, 0.3) is 11.7 Å². The van der Waals surface area contributed by atoms with Crippen LogP contribution in [0.1, 0.15) is 32.1 Å². The molecule has 3 nitrogen and oxygen atoms in total. The lowest BCUT2D eigenvalue weighted by Gasteiger charge is -2.13. The largest absolute Gasteiger partial charge is 0.459 e. The highest BCUT2D eigenvalue weighted by Gasteiger charge is 2.16.